The zero-order valence-corrected chi connectivity index (χ0v) is 11.3. The fraction of sp³-hybridized carbons (Fsp3) is 0.500. The van der Waals surface area contributed by atoms with Crippen LogP contribution in [0.25, 0.3) is 0 Å². The number of hydrogen-bond donors (Lipinski definition) is 1. The zero-order chi connectivity index (χ0) is 13.1. The maximum absolute atomic E-state index is 10.7. The van der Waals surface area contributed by atoms with Gasteiger partial charge >= 0.3 is 0 Å². The van der Waals surface area contributed by atoms with Gasteiger partial charge in [-0.2, -0.15) is 0 Å². The number of rotatable bonds is 4. The number of hydrogen-bond acceptors (Lipinski definition) is 3. The van der Waals surface area contributed by atoms with Crippen molar-refractivity contribution < 1.29 is 13.2 Å². The number of nitrogens with two attached hydrogens (primary N) is 1. The Kier molecular flexibility index (Phi) is 4.16. The maximum Gasteiger partial charge on any atom is 0.212 e. The molecule has 5 heteroatoms. The van der Waals surface area contributed by atoms with E-state index in [1.54, 1.807) is 6.07 Å². The molecular weight excluding hydrogens is 238 g/mol. The first kappa shape index (κ1) is 14.0. The highest BCUT2D eigenvalue weighted by atomic mass is 32.2. The van der Waals surface area contributed by atoms with Crippen LogP contribution in [0.15, 0.2) is 24.3 Å². The lowest BCUT2D eigenvalue weighted by atomic mass is 9.87. The molecular formula is C12H19NO3S. The highest BCUT2D eigenvalue weighted by Crippen LogP contribution is 2.25. The first-order valence-corrected chi connectivity index (χ1v) is 7.14. The van der Waals surface area contributed by atoms with Crippen LogP contribution in [-0.2, 0) is 15.4 Å². The van der Waals surface area contributed by atoms with Crippen LogP contribution in [0, 0.1) is 0 Å². The summed E-state index contributed by atoms with van der Waals surface area (Å²) in [5.41, 5.74) is 1.19. The minimum absolute atomic E-state index is 0.0410. The van der Waals surface area contributed by atoms with Crippen molar-refractivity contribution in [1.29, 1.82) is 0 Å². The second kappa shape index (κ2) is 5.06. The van der Waals surface area contributed by atoms with E-state index in [1.165, 1.54) is 0 Å². The van der Waals surface area contributed by atoms with Gasteiger partial charge in [0.15, 0.2) is 0 Å². The van der Waals surface area contributed by atoms with E-state index in [2.05, 4.69) is 20.8 Å². The SMILES string of the molecule is CC(C)(C)c1cccc(OCCS(N)(=O)=O)c1. The molecule has 2 N–H and O–H groups in total. The predicted octanol–water partition coefficient (Wildman–Crippen LogP) is 1.65. The summed E-state index contributed by atoms with van der Waals surface area (Å²) in [6.45, 7) is 6.40. The third kappa shape index (κ3) is 5.19. The minimum Gasteiger partial charge on any atom is -0.492 e. The van der Waals surface area contributed by atoms with E-state index < -0.39 is 10.0 Å². The smallest absolute Gasteiger partial charge is 0.212 e. The van der Waals surface area contributed by atoms with E-state index in [4.69, 9.17) is 9.88 Å². The zero-order valence-electron chi connectivity index (χ0n) is 10.4. The molecule has 0 saturated carbocycles. The number of primary sulfonamides is 1. The van der Waals surface area contributed by atoms with Gasteiger partial charge in [0.2, 0.25) is 10.0 Å². The van der Waals surface area contributed by atoms with Crippen LogP contribution in [0.1, 0.15) is 26.3 Å². The van der Waals surface area contributed by atoms with E-state index in [9.17, 15) is 8.42 Å². The van der Waals surface area contributed by atoms with Crippen LogP contribution in [-0.4, -0.2) is 20.8 Å². The molecule has 0 aliphatic heterocycles. The Morgan fingerprint density at radius 3 is 2.47 bits per heavy atom. The highest BCUT2D eigenvalue weighted by molar-refractivity contribution is 7.89. The molecule has 0 fully saturated rings. The summed E-state index contributed by atoms with van der Waals surface area (Å²) in [4.78, 5) is 0. The molecule has 0 atom stereocenters. The molecule has 0 heterocycles. The molecule has 0 amide bonds. The van der Waals surface area contributed by atoms with Crippen molar-refractivity contribution in [1.82, 2.24) is 0 Å². The summed E-state index contributed by atoms with van der Waals surface area (Å²) in [6.07, 6.45) is 0. The quantitative estimate of drug-likeness (QED) is 0.891. The lowest BCUT2D eigenvalue weighted by Gasteiger charge is -2.19. The van der Waals surface area contributed by atoms with Gasteiger partial charge in [-0.15, -0.1) is 0 Å². The van der Waals surface area contributed by atoms with Crippen molar-refractivity contribution in [2.24, 2.45) is 5.14 Å². The van der Waals surface area contributed by atoms with Crippen molar-refractivity contribution in [3.63, 3.8) is 0 Å². The average Bonchev–Trinajstić information content (AvgIpc) is 2.15. The summed E-state index contributed by atoms with van der Waals surface area (Å²) in [5, 5.41) is 4.89. The van der Waals surface area contributed by atoms with Gasteiger partial charge in [-0.05, 0) is 23.1 Å². The topological polar surface area (TPSA) is 69.4 Å². The Labute approximate surface area is 103 Å². The van der Waals surface area contributed by atoms with E-state index in [0.717, 1.165) is 5.56 Å². The molecule has 0 aliphatic rings. The summed E-state index contributed by atoms with van der Waals surface area (Å²) in [6, 6.07) is 7.64. The summed E-state index contributed by atoms with van der Waals surface area (Å²) >= 11 is 0. The van der Waals surface area contributed by atoms with Crippen molar-refractivity contribution in [3.05, 3.63) is 29.8 Å². The summed E-state index contributed by atoms with van der Waals surface area (Å²) in [5.74, 6) is 0.494. The molecule has 4 nitrogen and oxygen atoms in total. The molecule has 0 radical (unpaired) electrons. The van der Waals surface area contributed by atoms with Crippen LogP contribution >= 0.6 is 0 Å². The van der Waals surface area contributed by atoms with E-state index in [1.807, 2.05) is 18.2 Å². The van der Waals surface area contributed by atoms with Gasteiger partial charge in [0.1, 0.15) is 12.4 Å². The number of sulfonamides is 1. The van der Waals surface area contributed by atoms with Crippen LogP contribution in [0.4, 0.5) is 0 Å². The summed E-state index contributed by atoms with van der Waals surface area (Å²) < 4.78 is 26.8. The Morgan fingerprint density at radius 1 is 1.29 bits per heavy atom. The Morgan fingerprint density at radius 2 is 1.94 bits per heavy atom. The van der Waals surface area contributed by atoms with Gasteiger partial charge in [0.25, 0.3) is 0 Å². The van der Waals surface area contributed by atoms with Crippen LogP contribution in [0.2, 0.25) is 0 Å². The lowest BCUT2D eigenvalue weighted by molar-refractivity contribution is 0.340. The maximum atomic E-state index is 10.7. The molecule has 0 bridgehead atoms. The van der Waals surface area contributed by atoms with Gasteiger partial charge in [-0.25, -0.2) is 13.6 Å². The Hall–Kier alpha value is -1.07. The highest BCUT2D eigenvalue weighted by Gasteiger charge is 2.14. The fourth-order valence-electron chi connectivity index (χ4n) is 1.33. The molecule has 1 rings (SSSR count). The normalized spacial score (nSPS) is 12.5. The fourth-order valence-corrected chi connectivity index (χ4v) is 1.64. The molecule has 1 aromatic rings. The molecule has 0 spiro atoms. The minimum atomic E-state index is -3.46. The first-order valence-electron chi connectivity index (χ1n) is 5.42. The molecule has 1 aromatic carbocycles. The van der Waals surface area contributed by atoms with Gasteiger partial charge < -0.3 is 4.74 Å². The largest absolute Gasteiger partial charge is 0.492 e. The Balaban J connectivity index is 2.67. The van der Waals surface area contributed by atoms with Crippen molar-refractivity contribution in [2.45, 2.75) is 26.2 Å². The molecule has 0 saturated heterocycles. The van der Waals surface area contributed by atoms with Gasteiger partial charge in [0.05, 0.1) is 5.75 Å². The van der Waals surface area contributed by atoms with E-state index in [0.29, 0.717) is 5.75 Å². The van der Waals surface area contributed by atoms with Crippen LogP contribution in [0.3, 0.4) is 0 Å². The molecule has 0 aliphatic carbocycles. The van der Waals surface area contributed by atoms with Gasteiger partial charge in [0, 0.05) is 0 Å². The summed E-state index contributed by atoms with van der Waals surface area (Å²) in [7, 11) is -3.46. The Bertz CT molecular complexity index is 475. The van der Waals surface area contributed by atoms with Crippen LogP contribution < -0.4 is 9.88 Å². The van der Waals surface area contributed by atoms with E-state index in [-0.39, 0.29) is 17.8 Å². The molecule has 0 aromatic heterocycles. The van der Waals surface area contributed by atoms with Gasteiger partial charge in [-0.3, -0.25) is 0 Å². The first-order chi connectivity index (χ1) is 7.68. The molecule has 96 valence electrons. The monoisotopic (exact) mass is 257 g/mol. The third-order valence-corrected chi connectivity index (χ3v) is 3.07. The second-order valence-electron chi connectivity index (χ2n) is 4.99. The average molecular weight is 257 g/mol. The molecule has 0 unspecified atom stereocenters. The van der Waals surface area contributed by atoms with Gasteiger partial charge in [-0.1, -0.05) is 32.9 Å². The predicted molar refractivity (Wildman–Crippen MR) is 68.6 cm³/mol. The lowest BCUT2D eigenvalue weighted by Crippen LogP contribution is -2.21. The number of benzene rings is 1. The second-order valence-corrected chi connectivity index (χ2v) is 6.73. The number of ether oxygens (including phenoxy) is 1. The van der Waals surface area contributed by atoms with Crippen LogP contribution in [0.5, 0.6) is 5.75 Å². The van der Waals surface area contributed by atoms with E-state index >= 15 is 0 Å². The molecule has 17 heavy (non-hydrogen) atoms. The van der Waals surface area contributed by atoms with Crippen molar-refractivity contribution in [3.8, 4) is 5.75 Å². The van der Waals surface area contributed by atoms with Crippen molar-refractivity contribution >= 4 is 10.0 Å². The standard InChI is InChI=1S/C12H19NO3S/c1-12(2,3)10-5-4-6-11(9-10)16-7-8-17(13,14)15/h4-6,9H,7-8H2,1-3H3,(H2,13,14,15). The third-order valence-electron chi connectivity index (χ3n) is 2.34. The van der Waals surface area contributed by atoms with Crippen molar-refractivity contribution in [2.75, 3.05) is 12.4 Å².